The van der Waals surface area contributed by atoms with Crippen molar-refractivity contribution < 1.29 is 9.90 Å². The number of amides is 1. The van der Waals surface area contributed by atoms with Crippen LogP contribution in [0.3, 0.4) is 0 Å². The summed E-state index contributed by atoms with van der Waals surface area (Å²) in [5.41, 5.74) is 4.96. The number of carbonyl (C=O) groups excluding carboxylic acids is 1. The van der Waals surface area contributed by atoms with Crippen molar-refractivity contribution in [3.8, 4) is 5.75 Å². The molecule has 37 heavy (non-hydrogen) atoms. The number of nitrogens with zero attached hydrogens (tertiary/aromatic N) is 3. The van der Waals surface area contributed by atoms with Gasteiger partial charge in [0.25, 0.3) is 0 Å². The van der Waals surface area contributed by atoms with Crippen LogP contribution in [0.25, 0.3) is 6.08 Å². The van der Waals surface area contributed by atoms with Crippen LogP contribution in [-0.2, 0) is 4.79 Å². The van der Waals surface area contributed by atoms with Crippen LogP contribution in [0.5, 0.6) is 5.75 Å². The van der Waals surface area contributed by atoms with Gasteiger partial charge in [0.05, 0.1) is 12.2 Å². The Morgan fingerprint density at radius 3 is 2.14 bits per heavy atom. The van der Waals surface area contributed by atoms with E-state index in [2.05, 4.69) is 87.7 Å². The zero-order valence-corrected chi connectivity index (χ0v) is 22.1. The Morgan fingerprint density at radius 1 is 0.973 bits per heavy atom. The maximum atomic E-state index is 12.4. The predicted molar refractivity (Wildman–Crippen MR) is 149 cm³/mol. The number of aromatic hydroxyl groups is 1. The van der Waals surface area contributed by atoms with Crippen LogP contribution in [-0.4, -0.2) is 64.6 Å². The Labute approximate surface area is 220 Å². The molecule has 1 amide bonds. The first kappa shape index (κ1) is 26.6. The molecule has 1 aromatic heterocycles. The molecular weight excluding hydrogens is 460 g/mol. The van der Waals surface area contributed by atoms with E-state index in [0.717, 1.165) is 49.4 Å². The van der Waals surface area contributed by atoms with E-state index in [9.17, 15) is 9.90 Å². The lowest BCUT2D eigenvalue weighted by Gasteiger charge is -2.42. The number of piperazine rings is 1. The first-order valence-electron chi connectivity index (χ1n) is 13.1. The lowest BCUT2D eigenvalue weighted by molar-refractivity contribution is -0.116. The topological polar surface area (TPSA) is 68.7 Å². The van der Waals surface area contributed by atoms with E-state index in [1.165, 1.54) is 23.4 Å². The highest BCUT2D eigenvalue weighted by Crippen LogP contribution is 2.29. The van der Waals surface area contributed by atoms with Gasteiger partial charge in [0.15, 0.2) is 0 Å². The minimum atomic E-state index is -0.132. The molecule has 0 radical (unpaired) electrons. The van der Waals surface area contributed by atoms with Crippen molar-refractivity contribution >= 4 is 12.0 Å². The second-order valence-corrected chi connectivity index (χ2v) is 9.83. The predicted octanol–water partition coefficient (Wildman–Crippen LogP) is 4.72. The van der Waals surface area contributed by atoms with Crippen LogP contribution < -0.4 is 5.32 Å². The quantitative estimate of drug-likeness (QED) is 0.418. The molecule has 1 unspecified atom stereocenters. The number of hydrogen-bond donors (Lipinski definition) is 2. The first-order valence-corrected chi connectivity index (χ1v) is 13.1. The average Bonchev–Trinajstić information content (AvgIpc) is 2.92. The van der Waals surface area contributed by atoms with E-state index < -0.39 is 0 Å². The summed E-state index contributed by atoms with van der Waals surface area (Å²) in [6, 6.07) is 22.2. The molecule has 1 fully saturated rings. The summed E-state index contributed by atoms with van der Waals surface area (Å²) in [4.78, 5) is 21.6. The van der Waals surface area contributed by atoms with Gasteiger partial charge in [0.1, 0.15) is 5.75 Å². The number of pyridine rings is 1. The fourth-order valence-corrected chi connectivity index (χ4v) is 5.11. The van der Waals surface area contributed by atoms with Gasteiger partial charge in [0.2, 0.25) is 5.91 Å². The zero-order valence-electron chi connectivity index (χ0n) is 22.1. The highest BCUT2D eigenvalue weighted by Gasteiger charge is 2.27. The van der Waals surface area contributed by atoms with Gasteiger partial charge in [-0.1, -0.05) is 60.7 Å². The maximum Gasteiger partial charge on any atom is 0.244 e. The molecule has 0 bridgehead atoms. The van der Waals surface area contributed by atoms with E-state index in [-0.39, 0.29) is 17.7 Å². The smallest absolute Gasteiger partial charge is 0.244 e. The number of aryl methyl sites for hydroxylation is 1. The second-order valence-electron chi connectivity index (χ2n) is 9.83. The molecule has 2 aromatic carbocycles. The maximum absolute atomic E-state index is 12.4. The fourth-order valence-electron chi connectivity index (χ4n) is 5.11. The molecule has 2 N–H and O–H groups in total. The van der Waals surface area contributed by atoms with E-state index in [1.807, 2.05) is 13.8 Å². The molecule has 0 spiro atoms. The summed E-state index contributed by atoms with van der Waals surface area (Å²) in [5, 5.41) is 12.9. The van der Waals surface area contributed by atoms with Crippen molar-refractivity contribution in [3.05, 3.63) is 101 Å². The molecular formula is C31H38N4O2. The monoisotopic (exact) mass is 498 g/mol. The molecule has 1 aliphatic rings. The summed E-state index contributed by atoms with van der Waals surface area (Å²) < 4.78 is 0. The van der Waals surface area contributed by atoms with E-state index >= 15 is 0 Å². The molecule has 194 valence electrons. The van der Waals surface area contributed by atoms with Gasteiger partial charge in [-0.2, -0.15) is 0 Å². The number of hydrogen-bond acceptors (Lipinski definition) is 5. The van der Waals surface area contributed by atoms with Crippen LogP contribution in [0, 0.1) is 13.8 Å². The van der Waals surface area contributed by atoms with Gasteiger partial charge in [-0.15, -0.1) is 0 Å². The van der Waals surface area contributed by atoms with Crippen LogP contribution in [0.1, 0.15) is 47.3 Å². The van der Waals surface area contributed by atoms with E-state index in [4.69, 9.17) is 0 Å². The van der Waals surface area contributed by atoms with Crippen LogP contribution in [0.4, 0.5) is 0 Å². The standard InChI is InChI=1S/C31H38N4O2/c1-23(16-17-32-30(37)15-14-28-24(2)29(36)22-33-25(28)3)34-18-20-35(21-19-34)31(26-10-6-4-7-11-26)27-12-8-5-9-13-27/h4-15,22-23,31,36H,16-21H2,1-3H3,(H,32,37)/b15-14+. The minimum absolute atomic E-state index is 0.132. The molecule has 2 heterocycles. The van der Waals surface area contributed by atoms with Crippen molar-refractivity contribution in [3.63, 3.8) is 0 Å². The van der Waals surface area contributed by atoms with Gasteiger partial charge >= 0.3 is 0 Å². The lowest BCUT2D eigenvalue weighted by atomic mass is 9.96. The number of carbonyl (C=O) groups is 1. The van der Waals surface area contributed by atoms with Crippen molar-refractivity contribution in [2.75, 3.05) is 32.7 Å². The third-order valence-electron chi connectivity index (χ3n) is 7.39. The Balaban J connectivity index is 1.27. The van der Waals surface area contributed by atoms with Gasteiger partial charge < -0.3 is 10.4 Å². The van der Waals surface area contributed by atoms with Crippen molar-refractivity contribution in [1.29, 1.82) is 0 Å². The zero-order chi connectivity index (χ0) is 26.2. The number of nitrogens with one attached hydrogen (secondary N) is 1. The molecule has 1 aliphatic heterocycles. The van der Waals surface area contributed by atoms with Crippen molar-refractivity contribution in [2.24, 2.45) is 0 Å². The first-order chi connectivity index (χ1) is 17.9. The van der Waals surface area contributed by atoms with Gasteiger partial charge in [-0.3, -0.25) is 19.6 Å². The number of benzene rings is 2. The summed E-state index contributed by atoms with van der Waals surface area (Å²) in [6.45, 7) is 10.6. The van der Waals surface area contributed by atoms with Gasteiger partial charge in [-0.05, 0) is 44.4 Å². The Kier molecular flexibility index (Phi) is 9.09. The number of aromatic nitrogens is 1. The van der Waals surface area contributed by atoms with E-state index in [1.54, 1.807) is 6.08 Å². The molecule has 4 rings (SSSR count). The molecule has 0 saturated carbocycles. The Bertz CT molecular complexity index is 1150. The summed E-state index contributed by atoms with van der Waals surface area (Å²) >= 11 is 0. The highest BCUT2D eigenvalue weighted by atomic mass is 16.3. The molecule has 1 atom stereocenters. The third-order valence-corrected chi connectivity index (χ3v) is 7.39. The van der Waals surface area contributed by atoms with Crippen molar-refractivity contribution in [1.82, 2.24) is 20.1 Å². The molecule has 1 saturated heterocycles. The molecule has 3 aromatic rings. The molecule has 6 nitrogen and oxygen atoms in total. The third kappa shape index (κ3) is 6.85. The number of rotatable bonds is 9. The Hall–Kier alpha value is -3.48. The van der Waals surface area contributed by atoms with Crippen LogP contribution in [0.2, 0.25) is 0 Å². The molecule has 6 heteroatoms. The summed E-state index contributed by atoms with van der Waals surface area (Å²) in [7, 11) is 0. The largest absolute Gasteiger partial charge is 0.506 e. The minimum Gasteiger partial charge on any atom is -0.506 e. The highest BCUT2D eigenvalue weighted by molar-refractivity contribution is 5.92. The van der Waals surface area contributed by atoms with Crippen LogP contribution in [0.15, 0.2) is 72.9 Å². The van der Waals surface area contributed by atoms with E-state index in [0.29, 0.717) is 12.6 Å². The average molecular weight is 499 g/mol. The summed E-state index contributed by atoms with van der Waals surface area (Å²) in [6.07, 6.45) is 5.58. The Morgan fingerprint density at radius 2 is 1.54 bits per heavy atom. The summed E-state index contributed by atoms with van der Waals surface area (Å²) in [5.74, 6) is 0.00571. The lowest BCUT2D eigenvalue weighted by Crippen LogP contribution is -2.51. The van der Waals surface area contributed by atoms with Crippen molar-refractivity contribution in [2.45, 2.75) is 39.3 Å². The molecule has 0 aliphatic carbocycles. The van der Waals surface area contributed by atoms with Crippen LogP contribution >= 0.6 is 0 Å². The second kappa shape index (κ2) is 12.7. The van der Waals surface area contributed by atoms with Gasteiger partial charge in [0, 0.05) is 61.7 Å². The van der Waals surface area contributed by atoms with Gasteiger partial charge in [-0.25, -0.2) is 0 Å². The fraction of sp³-hybridized carbons (Fsp3) is 0.355. The normalized spacial score (nSPS) is 15.8. The SMILES string of the molecule is Cc1ncc(O)c(C)c1/C=C/C(=O)NCCC(C)N1CCN(C(c2ccccc2)c2ccccc2)CC1.